The summed E-state index contributed by atoms with van der Waals surface area (Å²) in [5, 5.41) is 0. The molecule has 308 valence electrons. The molecule has 0 saturated carbocycles. The molecule has 10 heteroatoms. The average Bonchev–Trinajstić information content (AvgIpc) is 3.28. The first kappa shape index (κ1) is 42.8. The first-order valence-corrected chi connectivity index (χ1v) is 22.1. The van der Waals surface area contributed by atoms with Crippen molar-refractivity contribution < 1.29 is 27.8 Å². The normalized spacial score (nSPS) is 15.5. The maximum absolute atomic E-state index is 14.0. The van der Waals surface area contributed by atoms with Crippen LogP contribution in [0.15, 0.2) is 141 Å². The van der Waals surface area contributed by atoms with Crippen LogP contribution in [-0.2, 0) is 35.2 Å². The molecule has 0 saturated heterocycles. The van der Waals surface area contributed by atoms with Crippen LogP contribution in [0.4, 0.5) is 8.78 Å². The highest BCUT2D eigenvalue weighted by atomic mass is 32.2. The van der Waals surface area contributed by atoms with Crippen molar-refractivity contribution in [2.75, 3.05) is 14.2 Å². The fourth-order valence-electron chi connectivity index (χ4n) is 8.35. The molecular formula is C50H48F2N2O4S2. The third-order valence-electron chi connectivity index (χ3n) is 11.4. The number of carbonyl (C=O) groups is 2. The first-order chi connectivity index (χ1) is 29.3. The van der Waals surface area contributed by atoms with Crippen molar-refractivity contribution in [3.8, 4) is 0 Å². The Kier molecular flexibility index (Phi) is 14.8. The number of halogens is 2. The zero-order chi connectivity index (χ0) is 41.8. The molecule has 8 rings (SSSR count). The van der Waals surface area contributed by atoms with Gasteiger partial charge in [-0.25, -0.2) is 18.4 Å². The number of methoxy groups -OCH3 is 2. The molecule has 4 aromatic carbocycles. The molecular weight excluding hydrogens is 795 g/mol. The van der Waals surface area contributed by atoms with E-state index in [2.05, 4.69) is 46.4 Å². The van der Waals surface area contributed by atoms with E-state index in [0.717, 1.165) is 85.1 Å². The van der Waals surface area contributed by atoms with Crippen molar-refractivity contribution in [3.05, 3.63) is 178 Å². The maximum atomic E-state index is 14.0. The number of aryl methyl sites for hydroxylation is 4. The number of rotatable bonds is 12. The molecule has 2 heterocycles. The van der Waals surface area contributed by atoms with Gasteiger partial charge in [0.25, 0.3) is 0 Å². The van der Waals surface area contributed by atoms with E-state index >= 15 is 0 Å². The van der Waals surface area contributed by atoms with Gasteiger partial charge in [-0.05, 0) is 170 Å². The standard InChI is InChI=1S/2C25H24FNO2S/c2*1-29-25(28)22-13-14-27-16-19(22)10-9-17-5-4-6-18-15-20(11-12-21(17)18)30-24-8-3-2-7-23(24)26/h2*2-3,7-8,11-17H,4-6,9-10H2,1H3/t2*17-/m10/s1. The molecule has 0 aliphatic heterocycles. The Hall–Kier alpha value is -5.32. The largest absolute Gasteiger partial charge is 0.465 e. The zero-order valence-electron chi connectivity index (χ0n) is 33.9. The van der Waals surface area contributed by atoms with Crippen molar-refractivity contribution in [1.29, 1.82) is 0 Å². The summed E-state index contributed by atoms with van der Waals surface area (Å²) in [6.45, 7) is 0. The van der Waals surface area contributed by atoms with Crippen molar-refractivity contribution in [2.24, 2.45) is 0 Å². The van der Waals surface area contributed by atoms with Gasteiger partial charge in [0.15, 0.2) is 0 Å². The summed E-state index contributed by atoms with van der Waals surface area (Å²) < 4.78 is 37.8. The molecule has 0 fully saturated rings. The number of esters is 2. The maximum Gasteiger partial charge on any atom is 0.338 e. The summed E-state index contributed by atoms with van der Waals surface area (Å²) in [7, 11) is 2.81. The Morgan fingerprint density at radius 3 is 1.47 bits per heavy atom. The number of aromatic nitrogens is 2. The topological polar surface area (TPSA) is 78.4 Å². The molecule has 0 amide bonds. The van der Waals surface area contributed by atoms with Crippen LogP contribution in [0, 0.1) is 11.6 Å². The fraction of sp³-hybridized carbons (Fsp3) is 0.280. The number of fused-ring (bicyclic) bond motifs is 2. The number of nitrogens with zero attached hydrogens (tertiary/aromatic N) is 2. The van der Waals surface area contributed by atoms with E-state index in [-0.39, 0.29) is 23.6 Å². The minimum absolute atomic E-state index is 0.184. The summed E-state index contributed by atoms with van der Waals surface area (Å²) in [5.41, 5.74) is 8.52. The third-order valence-corrected chi connectivity index (χ3v) is 13.5. The molecule has 6 aromatic rings. The van der Waals surface area contributed by atoms with Crippen molar-refractivity contribution in [2.45, 2.75) is 95.6 Å². The van der Waals surface area contributed by atoms with E-state index in [0.29, 0.717) is 32.8 Å². The van der Waals surface area contributed by atoms with Gasteiger partial charge < -0.3 is 9.47 Å². The highest BCUT2D eigenvalue weighted by molar-refractivity contribution is 7.99. The second kappa shape index (κ2) is 20.8. The Bertz CT molecular complexity index is 2270. The summed E-state index contributed by atoms with van der Waals surface area (Å²) >= 11 is 2.94. The average molecular weight is 843 g/mol. The predicted molar refractivity (Wildman–Crippen MR) is 233 cm³/mol. The van der Waals surface area contributed by atoms with Crippen molar-refractivity contribution in [3.63, 3.8) is 0 Å². The van der Waals surface area contributed by atoms with E-state index in [1.807, 2.05) is 24.3 Å². The van der Waals surface area contributed by atoms with Crippen molar-refractivity contribution in [1.82, 2.24) is 9.97 Å². The number of hydrogen-bond donors (Lipinski definition) is 0. The molecule has 60 heavy (non-hydrogen) atoms. The number of ether oxygens (including phenoxy) is 2. The van der Waals surface area contributed by atoms with Gasteiger partial charge >= 0.3 is 11.9 Å². The van der Waals surface area contributed by atoms with Gasteiger partial charge in [-0.2, -0.15) is 0 Å². The summed E-state index contributed by atoms with van der Waals surface area (Å²) in [6, 6.07) is 30.2. The SMILES string of the molecule is COC(=O)c1ccncc1CC[C@@H]1CCCc2cc(Sc3ccccc3F)ccc21.COC(=O)c1ccncc1CC[C@H]1CCCc2cc(Sc3ccccc3F)ccc21. The molecule has 2 aromatic heterocycles. The third kappa shape index (κ3) is 10.7. The second-order valence-electron chi connectivity index (χ2n) is 15.1. The predicted octanol–water partition coefficient (Wildman–Crippen LogP) is 12.4. The molecule has 2 atom stereocenters. The summed E-state index contributed by atoms with van der Waals surface area (Å²) in [5.74, 6) is -0.0941. The Morgan fingerprint density at radius 2 is 1.05 bits per heavy atom. The monoisotopic (exact) mass is 842 g/mol. The van der Waals surface area contributed by atoms with E-state index < -0.39 is 0 Å². The molecule has 0 bridgehead atoms. The van der Waals surface area contributed by atoms with Gasteiger partial charge in [0.1, 0.15) is 11.6 Å². The van der Waals surface area contributed by atoms with Gasteiger partial charge in [0.2, 0.25) is 0 Å². The van der Waals surface area contributed by atoms with E-state index in [9.17, 15) is 18.4 Å². The van der Waals surface area contributed by atoms with Gasteiger partial charge in [-0.1, -0.05) is 59.9 Å². The quantitative estimate of drug-likeness (QED) is 0.113. The molecule has 0 unspecified atom stereocenters. The molecule has 6 nitrogen and oxygen atoms in total. The highest BCUT2D eigenvalue weighted by Crippen LogP contribution is 2.40. The number of hydrogen-bond acceptors (Lipinski definition) is 8. The fourth-order valence-corrected chi connectivity index (χ4v) is 10.2. The van der Waals surface area contributed by atoms with E-state index in [1.54, 1.807) is 49.1 Å². The van der Waals surface area contributed by atoms with Crippen LogP contribution in [0.2, 0.25) is 0 Å². The molecule has 2 aliphatic carbocycles. The van der Waals surface area contributed by atoms with Crippen LogP contribution in [0.3, 0.4) is 0 Å². The lowest BCUT2D eigenvalue weighted by Gasteiger charge is -2.26. The van der Waals surface area contributed by atoms with E-state index in [1.165, 1.54) is 72.1 Å². The van der Waals surface area contributed by atoms with Crippen LogP contribution < -0.4 is 0 Å². The lowest BCUT2D eigenvalue weighted by molar-refractivity contribution is 0.0590. The number of benzene rings is 4. The van der Waals surface area contributed by atoms with Crippen LogP contribution in [0.5, 0.6) is 0 Å². The van der Waals surface area contributed by atoms with Crippen LogP contribution in [-0.4, -0.2) is 36.1 Å². The van der Waals surface area contributed by atoms with Gasteiger partial charge in [0.05, 0.1) is 25.3 Å². The first-order valence-electron chi connectivity index (χ1n) is 20.4. The Labute approximate surface area is 359 Å². The minimum atomic E-state index is -0.314. The summed E-state index contributed by atoms with van der Waals surface area (Å²) in [4.78, 5) is 35.8. The molecule has 0 spiro atoms. The van der Waals surface area contributed by atoms with Gasteiger partial charge in [0, 0.05) is 44.4 Å². The van der Waals surface area contributed by atoms with Crippen LogP contribution >= 0.6 is 23.5 Å². The molecule has 0 N–H and O–H groups in total. The lowest BCUT2D eigenvalue weighted by Crippen LogP contribution is -2.12. The highest BCUT2D eigenvalue weighted by Gasteiger charge is 2.24. The number of pyridine rings is 2. The molecule has 0 radical (unpaired) electrons. The van der Waals surface area contributed by atoms with Gasteiger partial charge in [-0.15, -0.1) is 0 Å². The zero-order valence-corrected chi connectivity index (χ0v) is 35.5. The van der Waals surface area contributed by atoms with Crippen LogP contribution in [0.1, 0.15) is 104 Å². The second-order valence-corrected chi connectivity index (χ2v) is 17.3. The number of carbonyl (C=O) groups excluding carboxylic acids is 2. The minimum Gasteiger partial charge on any atom is -0.465 e. The van der Waals surface area contributed by atoms with E-state index in [4.69, 9.17) is 9.47 Å². The molecule has 2 aliphatic rings. The van der Waals surface area contributed by atoms with Crippen molar-refractivity contribution >= 4 is 35.5 Å². The van der Waals surface area contributed by atoms with Gasteiger partial charge in [-0.3, -0.25) is 9.97 Å². The summed E-state index contributed by atoms with van der Waals surface area (Å²) in [6.07, 6.45) is 16.9. The Morgan fingerprint density at radius 1 is 0.617 bits per heavy atom. The smallest absolute Gasteiger partial charge is 0.338 e. The van der Waals surface area contributed by atoms with Crippen LogP contribution in [0.25, 0.3) is 0 Å². The lowest BCUT2D eigenvalue weighted by atomic mass is 9.80. The Balaban J connectivity index is 0.000000181.